The van der Waals surface area contributed by atoms with E-state index in [1.807, 2.05) is 26.2 Å². The number of fused-ring (bicyclic) bond motifs is 1. The molecule has 42 heavy (non-hydrogen) atoms. The van der Waals surface area contributed by atoms with Gasteiger partial charge in [-0.3, -0.25) is 4.79 Å². The Labute approximate surface area is 241 Å². The Hall–Kier alpha value is -4.58. The third-order valence-electron chi connectivity index (χ3n) is 6.60. The Morgan fingerprint density at radius 2 is 1.76 bits per heavy atom. The lowest BCUT2D eigenvalue weighted by atomic mass is 9.99. The van der Waals surface area contributed by atoms with E-state index in [1.54, 1.807) is 24.4 Å². The molecule has 0 saturated heterocycles. The van der Waals surface area contributed by atoms with Crippen molar-refractivity contribution in [3.05, 3.63) is 65.9 Å². The first-order valence-electron chi connectivity index (χ1n) is 13.2. The average Bonchev–Trinajstić information content (AvgIpc) is 2.95. The van der Waals surface area contributed by atoms with Gasteiger partial charge < -0.3 is 30.7 Å². The monoisotopic (exact) mass is 582 g/mol. The van der Waals surface area contributed by atoms with Crippen LogP contribution in [0.4, 0.5) is 30.5 Å². The van der Waals surface area contributed by atoms with Gasteiger partial charge in [-0.25, -0.2) is 9.97 Å². The minimum Gasteiger partial charge on any atom is -0.493 e. The van der Waals surface area contributed by atoms with Crippen molar-refractivity contribution < 1.29 is 27.4 Å². The lowest BCUT2D eigenvalue weighted by Crippen LogP contribution is -2.17. The quantitative estimate of drug-likeness (QED) is 0.187. The molecule has 0 aliphatic heterocycles. The van der Waals surface area contributed by atoms with Gasteiger partial charge in [0.2, 0.25) is 5.95 Å². The van der Waals surface area contributed by atoms with E-state index in [9.17, 15) is 18.0 Å². The number of carbonyl (C=O) groups excluding carboxylic acids is 1. The molecule has 0 spiro atoms. The molecule has 0 radical (unpaired) electrons. The third kappa shape index (κ3) is 7.19. The minimum atomic E-state index is -4.59. The van der Waals surface area contributed by atoms with E-state index >= 15 is 0 Å². The minimum absolute atomic E-state index is 0.00528. The Bertz CT molecular complexity index is 1580. The molecular weight excluding hydrogens is 549 g/mol. The third-order valence-corrected chi connectivity index (χ3v) is 6.60. The molecule has 4 rings (SSSR count). The van der Waals surface area contributed by atoms with E-state index in [0.717, 1.165) is 42.5 Å². The van der Waals surface area contributed by atoms with Gasteiger partial charge in [-0.05, 0) is 87.1 Å². The van der Waals surface area contributed by atoms with E-state index in [2.05, 4.69) is 25.5 Å². The number of benzene rings is 3. The summed E-state index contributed by atoms with van der Waals surface area (Å²) in [6.07, 6.45) is -1.29. The summed E-state index contributed by atoms with van der Waals surface area (Å²) >= 11 is 0. The molecule has 12 heteroatoms. The number of rotatable bonds is 11. The van der Waals surface area contributed by atoms with E-state index < -0.39 is 17.6 Å². The predicted molar refractivity (Wildman–Crippen MR) is 158 cm³/mol. The van der Waals surface area contributed by atoms with Crippen molar-refractivity contribution in [1.82, 2.24) is 14.9 Å². The summed E-state index contributed by atoms with van der Waals surface area (Å²) in [7, 11) is 6.77. The molecule has 4 N–H and O–H groups in total. The van der Waals surface area contributed by atoms with E-state index in [4.69, 9.17) is 15.2 Å². The van der Waals surface area contributed by atoms with Crippen LogP contribution >= 0.6 is 0 Å². The van der Waals surface area contributed by atoms with Gasteiger partial charge in [-0.2, -0.15) is 13.2 Å². The van der Waals surface area contributed by atoms with Crippen LogP contribution in [0, 0.1) is 0 Å². The number of carbonyl (C=O) groups is 1. The highest BCUT2D eigenvalue weighted by molar-refractivity contribution is 6.09. The second kappa shape index (κ2) is 12.9. The van der Waals surface area contributed by atoms with Crippen molar-refractivity contribution in [2.24, 2.45) is 0 Å². The van der Waals surface area contributed by atoms with Crippen LogP contribution in [0.15, 0.2) is 54.7 Å². The lowest BCUT2D eigenvalue weighted by Gasteiger charge is -2.18. The standard InChI is InChI=1S/C30H33F3N6O3/c1-39(2)12-6-5-11-35-24-10-8-21(30(31,32)33)16-25(24)37-28(40)22-14-19(15-26(41-3)27(22)42-4)18-7-9-23-20(13-18)17-36-29(34)38-23/h7-10,13-17,35H,5-6,11-12H2,1-4H3,(H,37,40)(H2,34,36,38). The molecule has 0 aliphatic carbocycles. The number of amides is 1. The number of nitrogens with one attached hydrogen (secondary N) is 2. The van der Waals surface area contributed by atoms with Gasteiger partial charge in [-0.15, -0.1) is 0 Å². The zero-order valence-corrected chi connectivity index (χ0v) is 23.8. The number of anilines is 3. The maximum absolute atomic E-state index is 13.7. The van der Waals surface area contributed by atoms with E-state index in [1.165, 1.54) is 20.3 Å². The molecule has 1 heterocycles. The first-order chi connectivity index (χ1) is 20.0. The highest BCUT2D eigenvalue weighted by Gasteiger charge is 2.31. The van der Waals surface area contributed by atoms with Crippen molar-refractivity contribution in [2.75, 3.05) is 57.8 Å². The van der Waals surface area contributed by atoms with Crippen molar-refractivity contribution in [3.8, 4) is 22.6 Å². The first kappa shape index (κ1) is 30.4. The van der Waals surface area contributed by atoms with Gasteiger partial charge in [0.05, 0.1) is 42.2 Å². The number of aromatic nitrogens is 2. The largest absolute Gasteiger partial charge is 0.493 e. The summed E-state index contributed by atoms with van der Waals surface area (Å²) in [6, 6.07) is 12.0. The van der Waals surface area contributed by atoms with Crippen LogP contribution in [0.3, 0.4) is 0 Å². The van der Waals surface area contributed by atoms with Gasteiger partial charge in [0.1, 0.15) is 0 Å². The zero-order valence-electron chi connectivity index (χ0n) is 23.8. The Morgan fingerprint density at radius 3 is 2.45 bits per heavy atom. The molecule has 9 nitrogen and oxygen atoms in total. The number of alkyl halides is 3. The summed E-state index contributed by atoms with van der Waals surface area (Å²) < 4.78 is 51.8. The molecule has 4 aromatic rings. The van der Waals surface area contributed by atoms with Gasteiger partial charge in [0, 0.05) is 18.1 Å². The number of nitrogen functional groups attached to an aromatic ring is 1. The molecule has 3 aromatic carbocycles. The summed E-state index contributed by atoms with van der Waals surface area (Å²) in [5.74, 6) is -0.103. The van der Waals surface area contributed by atoms with Crippen LogP contribution in [0.25, 0.3) is 22.0 Å². The van der Waals surface area contributed by atoms with Gasteiger partial charge in [-0.1, -0.05) is 6.07 Å². The first-order valence-corrected chi connectivity index (χ1v) is 13.2. The summed E-state index contributed by atoms with van der Waals surface area (Å²) in [5.41, 5.74) is 7.24. The summed E-state index contributed by atoms with van der Waals surface area (Å²) in [5, 5.41) is 6.54. The Balaban J connectivity index is 1.69. The van der Waals surface area contributed by atoms with Crippen molar-refractivity contribution in [1.29, 1.82) is 0 Å². The van der Waals surface area contributed by atoms with Crippen LogP contribution in [0.5, 0.6) is 11.5 Å². The molecular formula is C30H33F3N6O3. The molecule has 0 saturated carbocycles. The summed E-state index contributed by atoms with van der Waals surface area (Å²) in [4.78, 5) is 24.0. The average molecular weight is 583 g/mol. The molecule has 1 amide bonds. The molecule has 0 bridgehead atoms. The number of nitrogens with two attached hydrogens (primary N) is 1. The lowest BCUT2D eigenvalue weighted by molar-refractivity contribution is -0.137. The van der Waals surface area contributed by atoms with Gasteiger partial charge in [0.15, 0.2) is 11.5 Å². The highest BCUT2D eigenvalue weighted by Crippen LogP contribution is 2.39. The maximum atomic E-state index is 13.7. The fourth-order valence-electron chi connectivity index (χ4n) is 4.47. The van der Waals surface area contributed by atoms with Crippen LogP contribution in [0.1, 0.15) is 28.8 Å². The van der Waals surface area contributed by atoms with Crippen LogP contribution in [-0.2, 0) is 6.18 Å². The second-order valence-electron chi connectivity index (χ2n) is 9.91. The maximum Gasteiger partial charge on any atom is 0.416 e. The molecule has 0 aliphatic rings. The number of halogens is 3. The molecule has 1 aromatic heterocycles. The fraction of sp³-hybridized carbons (Fsp3) is 0.300. The smallest absolute Gasteiger partial charge is 0.416 e. The number of hydrogen-bond acceptors (Lipinski definition) is 8. The Kier molecular flexibility index (Phi) is 9.36. The molecule has 222 valence electrons. The zero-order chi connectivity index (χ0) is 30.4. The van der Waals surface area contributed by atoms with Crippen molar-refractivity contribution in [3.63, 3.8) is 0 Å². The Morgan fingerprint density at radius 1 is 0.976 bits per heavy atom. The van der Waals surface area contributed by atoms with E-state index in [-0.39, 0.29) is 28.7 Å². The van der Waals surface area contributed by atoms with Gasteiger partial charge >= 0.3 is 6.18 Å². The number of hydrogen-bond donors (Lipinski definition) is 3. The second-order valence-corrected chi connectivity index (χ2v) is 9.91. The molecule has 0 fully saturated rings. The number of ether oxygens (including phenoxy) is 2. The van der Waals surface area contributed by atoms with Gasteiger partial charge in [0.25, 0.3) is 5.91 Å². The van der Waals surface area contributed by atoms with E-state index in [0.29, 0.717) is 23.3 Å². The topological polar surface area (TPSA) is 115 Å². The number of nitrogens with zero attached hydrogens (tertiary/aromatic N) is 3. The molecule has 0 unspecified atom stereocenters. The number of methoxy groups -OCH3 is 2. The van der Waals surface area contributed by atoms with Crippen LogP contribution in [-0.4, -0.2) is 62.2 Å². The summed E-state index contributed by atoms with van der Waals surface area (Å²) in [6.45, 7) is 1.40. The normalized spacial score (nSPS) is 11.5. The highest BCUT2D eigenvalue weighted by atomic mass is 19.4. The predicted octanol–water partition coefficient (Wildman–Crippen LogP) is 5.92. The van der Waals surface area contributed by atoms with Crippen LogP contribution < -0.4 is 25.8 Å². The molecule has 0 atom stereocenters. The van der Waals surface area contributed by atoms with Crippen molar-refractivity contribution in [2.45, 2.75) is 19.0 Å². The van der Waals surface area contributed by atoms with Crippen molar-refractivity contribution >= 4 is 34.1 Å². The SMILES string of the molecule is COc1cc(-c2ccc3nc(N)ncc3c2)cc(C(=O)Nc2cc(C(F)(F)F)ccc2NCCCCN(C)C)c1OC. The van der Waals surface area contributed by atoms with Crippen LogP contribution in [0.2, 0.25) is 0 Å². The fourth-order valence-corrected chi connectivity index (χ4v) is 4.47. The number of unbranched alkanes of at least 4 members (excludes halogenated alkanes) is 1.